The third-order valence-corrected chi connectivity index (χ3v) is 4.34. The number of hydrogen-bond acceptors (Lipinski definition) is 5. The molecule has 2 N–H and O–H groups in total. The van der Waals surface area contributed by atoms with Gasteiger partial charge in [0.2, 0.25) is 11.8 Å². The lowest BCUT2D eigenvalue weighted by Gasteiger charge is -2.11. The Labute approximate surface area is 161 Å². The molecule has 1 aromatic heterocycles. The van der Waals surface area contributed by atoms with Gasteiger partial charge in [-0.3, -0.25) is 23.5 Å². The van der Waals surface area contributed by atoms with Crippen molar-refractivity contribution in [2.75, 3.05) is 13.7 Å². The molecule has 2 aromatic rings. The van der Waals surface area contributed by atoms with Crippen LogP contribution in [0, 0.1) is 0 Å². The van der Waals surface area contributed by atoms with Gasteiger partial charge in [-0.2, -0.15) is 0 Å². The van der Waals surface area contributed by atoms with Crippen molar-refractivity contribution in [1.82, 2.24) is 19.8 Å². The van der Waals surface area contributed by atoms with Crippen LogP contribution in [0.2, 0.25) is 0 Å². The summed E-state index contributed by atoms with van der Waals surface area (Å²) in [5.41, 5.74) is 0.460. The SMILES string of the molecule is COc1ccc(CCC(=O)NCC(=O)NCc2cc(=O)n(C)c(=O)n2C)cc1. The van der Waals surface area contributed by atoms with Crippen molar-refractivity contribution in [1.29, 1.82) is 0 Å². The van der Waals surface area contributed by atoms with Crippen LogP contribution in [-0.2, 0) is 36.6 Å². The van der Waals surface area contributed by atoms with Crippen LogP contribution in [-0.4, -0.2) is 34.6 Å². The molecule has 0 unspecified atom stereocenters. The lowest BCUT2D eigenvalue weighted by Crippen LogP contribution is -2.41. The number of benzene rings is 1. The van der Waals surface area contributed by atoms with E-state index < -0.39 is 17.2 Å². The zero-order chi connectivity index (χ0) is 20.7. The third kappa shape index (κ3) is 5.57. The molecule has 0 aliphatic rings. The summed E-state index contributed by atoms with van der Waals surface area (Å²) in [6, 6.07) is 8.70. The second-order valence-corrected chi connectivity index (χ2v) is 6.28. The maximum atomic E-state index is 11.9. The predicted octanol–water partition coefficient (Wildman–Crippen LogP) is -0.542. The number of methoxy groups -OCH3 is 1. The van der Waals surface area contributed by atoms with Crippen molar-refractivity contribution in [3.63, 3.8) is 0 Å². The van der Waals surface area contributed by atoms with Crippen LogP contribution in [0.5, 0.6) is 5.75 Å². The van der Waals surface area contributed by atoms with Crippen LogP contribution in [0.4, 0.5) is 0 Å². The van der Waals surface area contributed by atoms with E-state index in [9.17, 15) is 19.2 Å². The second kappa shape index (κ2) is 9.54. The fourth-order valence-corrected chi connectivity index (χ4v) is 2.52. The molecule has 0 bridgehead atoms. The number of amides is 2. The van der Waals surface area contributed by atoms with Crippen molar-refractivity contribution < 1.29 is 14.3 Å². The van der Waals surface area contributed by atoms with Crippen LogP contribution in [0.1, 0.15) is 17.7 Å². The third-order valence-electron chi connectivity index (χ3n) is 4.34. The van der Waals surface area contributed by atoms with Gasteiger partial charge in [0, 0.05) is 32.3 Å². The molecule has 1 aromatic carbocycles. The van der Waals surface area contributed by atoms with Crippen LogP contribution in [0.25, 0.3) is 0 Å². The van der Waals surface area contributed by atoms with E-state index in [0.717, 1.165) is 15.9 Å². The van der Waals surface area contributed by atoms with Gasteiger partial charge in [-0.25, -0.2) is 4.79 Å². The van der Waals surface area contributed by atoms with Gasteiger partial charge in [-0.15, -0.1) is 0 Å². The van der Waals surface area contributed by atoms with Crippen molar-refractivity contribution >= 4 is 11.8 Å². The van der Waals surface area contributed by atoms with Crippen molar-refractivity contribution in [3.8, 4) is 5.75 Å². The van der Waals surface area contributed by atoms with E-state index in [0.29, 0.717) is 12.1 Å². The molecule has 0 saturated carbocycles. The number of rotatable bonds is 8. The molecule has 0 aliphatic carbocycles. The Kier molecular flexibility index (Phi) is 7.14. The molecule has 2 amide bonds. The van der Waals surface area contributed by atoms with Crippen molar-refractivity contribution in [3.05, 3.63) is 62.4 Å². The van der Waals surface area contributed by atoms with Gasteiger partial charge in [0.15, 0.2) is 0 Å². The molecule has 0 fully saturated rings. The zero-order valence-electron chi connectivity index (χ0n) is 16.2. The van der Waals surface area contributed by atoms with E-state index in [1.165, 1.54) is 24.7 Å². The Morgan fingerprint density at radius 1 is 1.00 bits per heavy atom. The number of ether oxygens (including phenoxy) is 1. The highest BCUT2D eigenvalue weighted by Gasteiger charge is 2.09. The summed E-state index contributed by atoms with van der Waals surface area (Å²) >= 11 is 0. The molecule has 28 heavy (non-hydrogen) atoms. The summed E-state index contributed by atoms with van der Waals surface area (Å²) < 4.78 is 7.35. The fraction of sp³-hybridized carbons (Fsp3) is 0.368. The van der Waals surface area contributed by atoms with Crippen LogP contribution in [0.3, 0.4) is 0 Å². The summed E-state index contributed by atoms with van der Waals surface area (Å²) in [6.45, 7) is -0.164. The number of nitrogens with zero attached hydrogens (tertiary/aromatic N) is 2. The molecule has 0 aliphatic heterocycles. The van der Waals surface area contributed by atoms with Crippen LogP contribution >= 0.6 is 0 Å². The van der Waals surface area contributed by atoms with Gasteiger partial charge in [-0.1, -0.05) is 12.1 Å². The number of hydrogen-bond donors (Lipinski definition) is 2. The monoisotopic (exact) mass is 388 g/mol. The van der Waals surface area contributed by atoms with Crippen molar-refractivity contribution in [2.45, 2.75) is 19.4 Å². The van der Waals surface area contributed by atoms with Crippen molar-refractivity contribution in [2.24, 2.45) is 14.1 Å². The summed E-state index contributed by atoms with van der Waals surface area (Å²) in [5, 5.41) is 5.13. The largest absolute Gasteiger partial charge is 0.497 e. The lowest BCUT2D eigenvalue weighted by atomic mass is 10.1. The lowest BCUT2D eigenvalue weighted by molar-refractivity contribution is -0.126. The molecular weight excluding hydrogens is 364 g/mol. The average molecular weight is 388 g/mol. The van der Waals surface area contributed by atoms with Crippen LogP contribution in [0.15, 0.2) is 39.9 Å². The minimum atomic E-state index is -0.469. The molecule has 1 heterocycles. The molecular formula is C19H24N4O5. The standard InChI is InChI=1S/C19H24N4O5/c1-22-14(10-18(26)23(2)19(22)27)11-20-17(25)12-21-16(24)9-6-13-4-7-15(28-3)8-5-13/h4-5,7-8,10H,6,9,11-12H2,1-3H3,(H,20,25)(H,21,24). The Morgan fingerprint density at radius 2 is 1.68 bits per heavy atom. The molecule has 2 rings (SSSR count). The molecule has 0 radical (unpaired) electrons. The van der Waals surface area contributed by atoms with Crippen LogP contribution < -0.4 is 26.6 Å². The smallest absolute Gasteiger partial charge is 0.330 e. The number of nitrogens with one attached hydrogen (secondary N) is 2. The number of aromatic nitrogens is 2. The first-order valence-electron chi connectivity index (χ1n) is 8.74. The van der Waals surface area contributed by atoms with E-state index in [4.69, 9.17) is 4.74 Å². The summed E-state index contributed by atoms with van der Waals surface area (Å²) in [6.07, 6.45) is 0.801. The highest BCUT2D eigenvalue weighted by Crippen LogP contribution is 2.12. The Balaban J connectivity index is 1.77. The van der Waals surface area contributed by atoms with Gasteiger partial charge in [0.1, 0.15) is 5.75 Å². The summed E-state index contributed by atoms with van der Waals surface area (Å²) in [7, 11) is 4.49. The van der Waals surface area contributed by atoms with E-state index in [1.54, 1.807) is 7.11 Å². The summed E-state index contributed by atoms with van der Waals surface area (Å²) in [5.74, 6) is 0.0940. The first kappa shape index (κ1) is 20.9. The quantitative estimate of drug-likeness (QED) is 0.631. The Hall–Kier alpha value is -3.36. The minimum absolute atomic E-state index is 0.0162. The maximum absolute atomic E-state index is 11.9. The molecule has 0 atom stereocenters. The van der Waals surface area contributed by atoms with E-state index in [-0.39, 0.29) is 25.4 Å². The van der Waals surface area contributed by atoms with Gasteiger partial charge in [0.25, 0.3) is 5.56 Å². The van der Waals surface area contributed by atoms with E-state index in [2.05, 4.69) is 10.6 Å². The van der Waals surface area contributed by atoms with Gasteiger partial charge < -0.3 is 15.4 Å². The molecule has 9 heteroatoms. The molecule has 0 saturated heterocycles. The van der Waals surface area contributed by atoms with Gasteiger partial charge >= 0.3 is 5.69 Å². The number of aryl methyl sites for hydroxylation is 1. The Morgan fingerprint density at radius 3 is 2.32 bits per heavy atom. The van der Waals surface area contributed by atoms with E-state index in [1.807, 2.05) is 24.3 Å². The zero-order valence-corrected chi connectivity index (χ0v) is 16.2. The highest BCUT2D eigenvalue weighted by molar-refractivity contribution is 5.84. The fourth-order valence-electron chi connectivity index (χ4n) is 2.52. The first-order chi connectivity index (χ1) is 13.3. The maximum Gasteiger partial charge on any atom is 0.330 e. The minimum Gasteiger partial charge on any atom is -0.497 e. The Bertz CT molecular complexity index is 960. The van der Waals surface area contributed by atoms with Gasteiger partial charge in [0.05, 0.1) is 20.2 Å². The van der Waals surface area contributed by atoms with Gasteiger partial charge in [-0.05, 0) is 24.1 Å². The molecule has 9 nitrogen and oxygen atoms in total. The number of carbonyl (C=O) groups is 2. The first-order valence-corrected chi connectivity index (χ1v) is 8.74. The number of carbonyl (C=O) groups excluding carboxylic acids is 2. The average Bonchev–Trinajstić information content (AvgIpc) is 2.71. The normalized spacial score (nSPS) is 10.4. The second-order valence-electron chi connectivity index (χ2n) is 6.28. The highest BCUT2D eigenvalue weighted by atomic mass is 16.5. The van der Waals surface area contributed by atoms with E-state index >= 15 is 0 Å². The molecule has 150 valence electrons. The summed E-state index contributed by atoms with van der Waals surface area (Å²) in [4.78, 5) is 47.3. The topological polar surface area (TPSA) is 111 Å². The molecule has 0 spiro atoms. The predicted molar refractivity (Wildman–Crippen MR) is 103 cm³/mol.